The largest absolute Gasteiger partial charge is 0.367 e. The first kappa shape index (κ1) is 17.8. The van der Waals surface area contributed by atoms with Gasteiger partial charge in [0.2, 0.25) is 5.95 Å². The number of halogens is 3. The lowest BCUT2D eigenvalue weighted by molar-refractivity contribution is 0.311. The van der Waals surface area contributed by atoms with Crippen LogP contribution in [0.25, 0.3) is 0 Å². The maximum absolute atomic E-state index is 6.18. The molecule has 0 spiro atoms. The number of hydrogen-bond acceptors (Lipinski definition) is 5. The van der Waals surface area contributed by atoms with E-state index in [0.29, 0.717) is 17.1 Å². The first-order chi connectivity index (χ1) is 8.97. The van der Waals surface area contributed by atoms with Crippen molar-refractivity contribution >= 4 is 51.7 Å². The van der Waals surface area contributed by atoms with Crippen molar-refractivity contribution in [1.29, 1.82) is 0 Å². The Morgan fingerprint density at radius 2 is 1.80 bits per heavy atom. The zero-order chi connectivity index (χ0) is 14.0. The minimum absolute atomic E-state index is 0. The molecule has 8 heteroatoms. The molecule has 1 aromatic rings. The molecule has 1 N–H and O–H groups in total. The molecule has 1 saturated heterocycles. The van der Waals surface area contributed by atoms with Crippen molar-refractivity contribution in [1.82, 2.24) is 14.9 Å². The van der Waals surface area contributed by atoms with Crippen LogP contribution in [0.5, 0.6) is 0 Å². The second kappa shape index (κ2) is 7.64. The molecule has 114 valence electrons. The molecule has 0 aliphatic carbocycles. The molecule has 0 radical (unpaired) electrons. The van der Waals surface area contributed by atoms with Crippen LogP contribution < -0.4 is 10.2 Å². The maximum Gasteiger partial charge on any atom is 0.228 e. The number of aromatic nitrogens is 2. The summed E-state index contributed by atoms with van der Waals surface area (Å²) in [5.74, 6) is 1.45. The van der Waals surface area contributed by atoms with Gasteiger partial charge in [-0.2, -0.15) is 9.97 Å². The SMILES string of the molecule is CC(C)Nc1nc(N2CCN(C)CC2)nc(Cl)c1Br.Cl. The maximum atomic E-state index is 6.18. The van der Waals surface area contributed by atoms with Gasteiger partial charge in [0.05, 0.1) is 4.47 Å². The summed E-state index contributed by atoms with van der Waals surface area (Å²) in [6.45, 7) is 8.02. The number of piperazine rings is 1. The zero-order valence-corrected chi connectivity index (χ0v) is 15.0. The molecule has 0 atom stereocenters. The summed E-state index contributed by atoms with van der Waals surface area (Å²) < 4.78 is 0.723. The number of nitrogens with one attached hydrogen (secondary N) is 1. The summed E-state index contributed by atoms with van der Waals surface area (Å²) in [7, 11) is 2.12. The fraction of sp³-hybridized carbons (Fsp3) is 0.667. The summed E-state index contributed by atoms with van der Waals surface area (Å²) in [4.78, 5) is 13.4. The Hall–Kier alpha value is -0.300. The Morgan fingerprint density at radius 1 is 1.20 bits per heavy atom. The molecule has 1 aliphatic rings. The Labute approximate surface area is 139 Å². The number of anilines is 2. The Morgan fingerprint density at radius 3 is 2.35 bits per heavy atom. The third-order valence-electron chi connectivity index (χ3n) is 3.01. The van der Waals surface area contributed by atoms with Crippen LogP contribution in [-0.2, 0) is 0 Å². The van der Waals surface area contributed by atoms with E-state index in [1.54, 1.807) is 0 Å². The van der Waals surface area contributed by atoms with E-state index in [9.17, 15) is 0 Å². The average molecular weight is 385 g/mol. The monoisotopic (exact) mass is 383 g/mol. The van der Waals surface area contributed by atoms with Gasteiger partial charge < -0.3 is 15.1 Å². The molecule has 1 aromatic heterocycles. The third kappa shape index (κ3) is 4.35. The predicted molar refractivity (Wildman–Crippen MR) is 90.5 cm³/mol. The highest BCUT2D eigenvalue weighted by Gasteiger charge is 2.19. The molecule has 0 bridgehead atoms. The van der Waals surface area contributed by atoms with E-state index in [4.69, 9.17) is 11.6 Å². The second-order valence-corrected chi connectivity index (χ2v) is 6.22. The van der Waals surface area contributed by atoms with E-state index in [2.05, 4.69) is 61.9 Å². The highest BCUT2D eigenvalue weighted by Crippen LogP contribution is 2.30. The van der Waals surface area contributed by atoms with Gasteiger partial charge >= 0.3 is 0 Å². The molecule has 0 aromatic carbocycles. The highest BCUT2D eigenvalue weighted by atomic mass is 79.9. The van der Waals surface area contributed by atoms with Crippen molar-refractivity contribution in [2.75, 3.05) is 43.4 Å². The van der Waals surface area contributed by atoms with Gasteiger partial charge in [-0.15, -0.1) is 12.4 Å². The molecule has 0 amide bonds. The fourth-order valence-electron chi connectivity index (χ4n) is 1.93. The number of nitrogens with zero attached hydrogens (tertiary/aromatic N) is 4. The van der Waals surface area contributed by atoms with Crippen molar-refractivity contribution in [3.05, 3.63) is 9.63 Å². The normalized spacial score (nSPS) is 16.2. The standard InChI is InChI=1S/C12H19BrClN5.ClH/c1-8(2)15-11-9(13)10(14)16-12(17-11)19-6-4-18(3)5-7-19;/h8H,4-7H2,1-3H3,(H,15,16,17);1H. The van der Waals surface area contributed by atoms with Gasteiger partial charge in [-0.3, -0.25) is 0 Å². The van der Waals surface area contributed by atoms with Crippen LogP contribution in [0.4, 0.5) is 11.8 Å². The smallest absolute Gasteiger partial charge is 0.228 e. The van der Waals surface area contributed by atoms with Crippen molar-refractivity contribution in [2.45, 2.75) is 19.9 Å². The van der Waals surface area contributed by atoms with Gasteiger partial charge in [-0.1, -0.05) is 11.6 Å². The van der Waals surface area contributed by atoms with Crippen LogP contribution in [-0.4, -0.2) is 54.1 Å². The van der Waals surface area contributed by atoms with Crippen LogP contribution in [0.15, 0.2) is 4.47 Å². The number of hydrogen-bond donors (Lipinski definition) is 1. The second-order valence-electron chi connectivity index (χ2n) is 5.07. The topological polar surface area (TPSA) is 44.3 Å². The molecule has 0 unspecified atom stereocenters. The lowest BCUT2D eigenvalue weighted by atomic mass is 10.3. The summed E-state index contributed by atoms with van der Waals surface area (Å²) in [6, 6.07) is 0.294. The van der Waals surface area contributed by atoms with Gasteiger partial charge in [0.15, 0.2) is 5.15 Å². The van der Waals surface area contributed by atoms with Gasteiger partial charge in [0, 0.05) is 32.2 Å². The van der Waals surface area contributed by atoms with E-state index < -0.39 is 0 Å². The fourth-order valence-corrected chi connectivity index (χ4v) is 2.38. The van der Waals surface area contributed by atoms with Gasteiger partial charge in [-0.05, 0) is 36.8 Å². The first-order valence-corrected chi connectivity index (χ1v) is 7.57. The van der Waals surface area contributed by atoms with Gasteiger partial charge in [-0.25, -0.2) is 0 Å². The van der Waals surface area contributed by atoms with Crippen LogP contribution >= 0.6 is 39.9 Å². The highest BCUT2D eigenvalue weighted by molar-refractivity contribution is 9.10. The van der Waals surface area contributed by atoms with Crippen LogP contribution in [0.2, 0.25) is 5.15 Å². The molecule has 0 saturated carbocycles. The predicted octanol–water partition coefficient (Wildman–Crippen LogP) is 2.89. The third-order valence-corrected chi connectivity index (χ3v) is 4.26. The molecule has 5 nitrogen and oxygen atoms in total. The van der Waals surface area contributed by atoms with Crippen molar-refractivity contribution in [2.24, 2.45) is 0 Å². The molecule has 2 rings (SSSR count). The number of likely N-dealkylation sites (N-methyl/N-ethyl adjacent to an activating group) is 1. The van der Waals surface area contributed by atoms with E-state index in [1.165, 1.54) is 0 Å². The van der Waals surface area contributed by atoms with Crippen molar-refractivity contribution < 1.29 is 0 Å². The van der Waals surface area contributed by atoms with E-state index >= 15 is 0 Å². The van der Waals surface area contributed by atoms with Gasteiger partial charge in [0.25, 0.3) is 0 Å². The lowest BCUT2D eigenvalue weighted by Crippen LogP contribution is -2.45. The van der Waals surface area contributed by atoms with Crippen LogP contribution in [0.1, 0.15) is 13.8 Å². The Bertz CT molecular complexity index is 450. The molecular weight excluding hydrogens is 365 g/mol. The number of rotatable bonds is 3. The molecular formula is C12H20BrCl2N5. The van der Waals surface area contributed by atoms with Crippen molar-refractivity contribution in [3.8, 4) is 0 Å². The first-order valence-electron chi connectivity index (χ1n) is 6.40. The van der Waals surface area contributed by atoms with Crippen LogP contribution in [0.3, 0.4) is 0 Å². The molecule has 2 heterocycles. The minimum atomic E-state index is 0. The van der Waals surface area contributed by atoms with E-state index in [-0.39, 0.29) is 12.4 Å². The molecule has 20 heavy (non-hydrogen) atoms. The Balaban J connectivity index is 0.00000200. The summed E-state index contributed by atoms with van der Waals surface area (Å²) >= 11 is 9.61. The zero-order valence-electron chi connectivity index (χ0n) is 11.9. The van der Waals surface area contributed by atoms with E-state index in [1.807, 2.05) is 0 Å². The molecule has 1 aliphatic heterocycles. The van der Waals surface area contributed by atoms with Gasteiger partial charge in [0.1, 0.15) is 5.82 Å². The Kier molecular flexibility index (Phi) is 6.78. The van der Waals surface area contributed by atoms with Crippen molar-refractivity contribution in [3.63, 3.8) is 0 Å². The molecule has 1 fully saturated rings. The summed E-state index contributed by atoms with van der Waals surface area (Å²) in [6.07, 6.45) is 0. The summed E-state index contributed by atoms with van der Waals surface area (Å²) in [5.41, 5.74) is 0. The van der Waals surface area contributed by atoms with E-state index in [0.717, 1.165) is 36.5 Å². The quantitative estimate of drug-likeness (QED) is 0.811. The minimum Gasteiger partial charge on any atom is -0.367 e. The lowest BCUT2D eigenvalue weighted by Gasteiger charge is -2.32. The summed E-state index contributed by atoms with van der Waals surface area (Å²) in [5, 5.41) is 3.73. The average Bonchev–Trinajstić information content (AvgIpc) is 2.35. The van der Waals surface area contributed by atoms with Crippen LogP contribution in [0, 0.1) is 0 Å².